The molecule has 2 aromatic heterocycles. The standard InChI is InChI=1S/C10H14N4O2S2/c1-7-9(5-14(2)12-7)13-18(15,16)10-3-8(4-11)6-17-10/h3,5-6,13H,4,11H2,1-2H3. The second kappa shape index (κ2) is 4.71. The second-order valence-electron chi connectivity index (χ2n) is 3.89. The van der Waals surface area contributed by atoms with Crippen LogP contribution in [-0.2, 0) is 23.6 Å². The van der Waals surface area contributed by atoms with Crippen molar-refractivity contribution in [3.63, 3.8) is 0 Å². The number of nitrogens with one attached hydrogen (secondary N) is 1. The Kier molecular flexibility index (Phi) is 3.42. The second-order valence-corrected chi connectivity index (χ2v) is 6.71. The topological polar surface area (TPSA) is 90.0 Å². The van der Waals surface area contributed by atoms with E-state index in [0.717, 1.165) is 16.9 Å². The van der Waals surface area contributed by atoms with Gasteiger partial charge in [0.2, 0.25) is 0 Å². The van der Waals surface area contributed by atoms with E-state index < -0.39 is 10.0 Å². The number of aromatic nitrogens is 2. The minimum Gasteiger partial charge on any atom is -0.326 e. The van der Waals surface area contributed by atoms with Gasteiger partial charge in [0.15, 0.2) is 0 Å². The molecule has 2 heterocycles. The Morgan fingerprint density at radius 1 is 1.56 bits per heavy atom. The molecular formula is C10H14N4O2S2. The molecule has 3 N–H and O–H groups in total. The number of hydrogen-bond acceptors (Lipinski definition) is 5. The summed E-state index contributed by atoms with van der Waals surface area (Å²) in [6.45, 7) is 2.08. The predicted molar refractivity (Wildman–Crippen MR) is 71.0 cm³/mol. The third-order valence-electron chi connectivity index (χ3n) is 2.39. The maximum atomic E-state index is 12.1. The van der Waals surface area contributed by atoms with Gasteiger partial charge in [-0.1, -0.05) is 0 Å². The number of rotatable bonds is 4. The average molecular weight is 286 g/mol. The van der Waals surface area contributed by atoms with Gasteiger partial charge in [0, 0.05) is 19.8 Å². The average Bonchev–Trinajstić information content (AvgIpc) is 2.86. The number of thiophene rings is 1. The van der Waals surface area contributed by atoms with Gasteiger partial charge >= 0.3 is 0 Å². The van der Waals surface area contributed by atoms with Gasteiger partial charge in [-0.2, -0.15) is 5.10 Å². The van der Waals surface area contributed by atoms with Crippen LogP contribution >= 0.6 is 11.3 Å². The zero-order chi connectivity index (χ0) is 13.3. The lowest BCUT2D eigenvalue weighted by Gasteiger charge is -2.03. The van der Waals surface area contributed by atoms with E-state index in [-0.39, 0.29) is 4.21 Å². The van der Waals surface area contributed by atoms with Crippen molar-refractivity contribution in [2.75, 3.05) is 4.72 Å². The molecule has 0 aliphatic carbocycles. The molecule has 0 amide bonds. The molecule has 0 spiro atoms. The van der Waals surface area contributed by atoms with Crippen molar-refractivity contribution in [2.24, 2.45) is 12.8 Å². The first-order valence-electron chi connectivity index (χ1n) is 5.23. The number of sulfonamides is 1. The zero-order valence-corrected chi connectivity index (χ0v) is 11.7. The maximum absolute atomic E-state index is 12.1. The van der Waals surface area contributed by atoms with Crippen LogP contribution in [0.5, 0.6) is 0 Å². The lowest BCUT2D eigenvalue weighted by Crippen LogP contribution is -2.11. The van der Waals surface area contributed by atoms with E-state index in [2.05, 4.69) is 9.82 Å². The Labute approximate surface area is 109 Å². The molecule has 0 aromatic carbocycles. The maximum Gasteiger partial charge on any atom is 0.271 e. The van der Waals surface area contributed by atoms with Crippen LogP contribution in [0.15, 0.2) is 21.9 Å². The fourth-order valence-corrected chi connectivity index (χ4v) is 3.82. The van der Waals surface area contributed by atoms with Gasteiger partial charge in [-0.05, 0) is 23.9 Å². The Bertz CT molecular complexity index is 657. The third kappa shape index (κ3) is 2.55. The summed E-state index contributed by atoms with van der Waals surface area (Å²) in [5, 5.41) is 5.82. The van der Waals surface area contributed by atoms with Gasteiger partial charge in [0.05, 0.1) is 11.4 Å². The number of aryl methyl sites for hydroxylation is 2. The summed E-state index contributed by atoms with van der Waals surface area (Å²) in [6.07, 6.45) is 1.63. The largest absolute Gasteiger partial charge is 0.326 e. The molecule has 8 heteroatoms. The SMILES string of the molecule is Cc1nn(C)cc1NS(=O)(=O)c1cc(CN)cs1. The monoisotopic (exact) mass is 286 g/mol. The van der Waals surface area contributed by atoms with Crippen molar-refractivity contribution in [2.45, 2.75) is 17.7 Å². The van der Waals surface area contributed by atoms with Crippen molar-refractivity contribution in [1.82, 2.24) is 9.78 Å². The molecule has 0 aliphatic rings. The Morgan fingerprint density at radius 3 is 2.78 bits per heavy atom. The van der Waals surface area contributed by atoms with E-state index in [1.165, 1.54) is 0 Å². The molecule has 2 rings (SSSR count). The van der Waals surface area contributed by atoms with E-state index >= 15 is 0 Å². The molecule has 18 heavy (non-hydrogen) atoms. The third-order valence-corrected chi connectivity index (χ3v) is 5.24. The summed E-state index contributed by atoms with van der Waals surface area (Å²) in [5.41, 5.74) is 7.40. The zero-order valence-electron chi connectivity index (χ0n) is 10.0. The van der Waals surface area contributed by atoms with Crippen molar-refractivity contribution >= 4 is 27.0 Å². The first-order chi connectivity index (χ1) is 8.42. The summed E-state index contributed by atoms with van der Waals surface area (Å²) in [6, 6.07) is 1.58. The van der Waals surface area contributed by atoms with Gasteiger partial charge in [-0.3, -0.25) is 9.40 Å². The highest BCUT2D eigenvalue weighted by Crippen LogP contribution is 2.23. The molecule has 2 aromatic rings. The van der Waals surface area contributed by atoms with E-state index in [0.29, 0.717) is 17.9 Å². The normalized spacial score (nSPS) is 11.7. The molecule has 0 atom stereocenters. The molecular weight excluding hydrogens is 272 g/mol. The number of nitrogens with zero attached hydrogens (tertiary/aromatic N) is 2. The smallest absolute Gasteiger partial charge is 0.271 e. The fraction of sp³-hybridized carbons (Fsp3) is 0.300. The first-order valence-corrected chi connectivity index (χ1v) is 7.59. The Morgan fingerprint density at radius 2 is 2.28 bits per heavy atom. The summed E-state index contributed by atoms with van der Waals surface area (Å²) >= 11 is 1.16. The molecule has 0 radical (unpaired) electrons. The lowest BCUT2D eigenvalue weighted by atomic mass is 10.4. The van der Waals surface area contributed by atoms with Crippen LogP contribution < -0.4 is 10.5 Å². The van der Waals surface area contributed by atoms with Crippen LogP contribution in [0.4, 0.5) is 5.69 Å². The Balaban J connectivity index is 2.29. The quantitative estimate of drug-likeness (QED) is 0.879. The molecule has 0 unspecified atom stereocenters. The van der Waals surface area contributed by atoms with Gasteiger partial charge in [-0.25, -0.2) is 8.42 Å². The van der Waals surface area contributed by atoms with Gasteiger partial charge < -0.3 is 5.73 Å². The molecule has 6 nitrogen and oxygen atoms in total. The van der Waals surface area contributed by atoms with Crippen LogP contribution in [0, 0.1) is 6.92 Å². The highest BCUT2D eigenvalue weighted by Gasteiger charge is 2.18. The van der Waals surface area contributed by atoms with E-state index in [9.17, 15) is 8.42 Å². The summed E-state index contributed by atoms with van der Waals surface area (Å²) in [5.74, 6) is 0. The van der Waals surface area contributed by atoms with Crippen molar-refractivity contribution in [3.05, 3.63) is 28.9 Å². The van der Waals surface area contributed by atoms with E-state index in [1.54, 1.807) is 36.3 Å². The highest BCUT2D eigenvalue weighted by atomic mass is 32.2. The summed E-state index contributed by atoms with van der Waals surface area (Å²) in [4.78, 5) is 0. The molecule has 0 aliphatic heterocycles. The molecule has 0 saturated carbocycles. The summed E-state index contributed by atoms with van der Waals surface area (Å²) in [7, 11) is -1.81. The number of nitrogens with two attached hydrogens (primary N) is 1. The van der Waals surface area contributed by atoms with Crippen molar-refractivity contribution in [1.29, 1.82) is 0 Å². The van der Waals surface area contributed by atoms with Gasteiger partial charge in [0.1, 0.15) is 4.21 Å². The summed E-state index contributed by atoms with van der Waals surface area (Å²) < 4.78 is 28.6. The molecule has 0 fully saturated rings. The molecule has 0 bridgehead atoms. The first kappa shape index (κ1) is 13.1. The number of hydrogen-bond donors (Lipinski definition) is 2. The minimum absolute atomic E-state index is 0.256. The lowest BCUT2D eigenvalue weighted by molar-refractivity contribution is 0.603. The Hall–Kier alpha value is -1.38. The van der Waals surface area contributed by atoms with Crippen LogP contribution in [0.3, 0.4) is 0 Å². The molecule has 98 valence electrons. The minimum atomic E-state index is -3.55. The van der Waals surface area contributed by atoms with Gasteiger partial charge in [-0.15, -0.1) is 11.3 Å². The predicted octanol–water partition coefficient (Wildman–Crippen LogP) is 1.05. The van der Waals surface area contributed by atoms with Gasteiger partial charge in [0.25, 0.3) is 10.0 Å². The van der Waals surface area contributed by atoms with Crippen LogP contribution in [-0.4, -0.2) is 18.2 Å². The van der Waals surface area contributed by atoms with E-state index in [1.807, 2.05) is 0 Å². The van der Waals surface area contributed by atoms with Crippen molar-refractivity contribution in [3.8, 4) is 0 Å². The number of anilines is 1. The molecule has 0 saturated heterocycles. The van der Waals surface area contributed by atoms with Crippen LogP contribution in [0.2, 0.25) is 0 Å². The highest BCUT2D eigenvalue weighted by molar-refractivity contribution is 7.94. The van der Waals surface area contributed by atoms with Crippen LogP contribution in [0.1, 0.15) is 11.3 Å². The van der Waals surface area contributed by atoms with Crippen molar-refractivity contribution < 1.29 is 8.42 Å². The fourth-order valence-electron chi connectivity index (χ4n) is 1.50. The van der Waals surface area contributed by atoms with E-state index in [4.69, 9.17) is 5.73 Å². The van der Waals surface area contributed by atoms with Crippen LogP contribution in [0.25, 0.3) is 0 Å².